The van der Waals surface area contributed by atoms with E-state index in [-0.39, 0.29) is 5.82 Å². The van der Waals surface area contributed by atoms with Gasteiger partial charge >= 0.3 is 0 Å². The molecular weight excluding hydrogens is 327 g/mol. The van der Waals surface area contributed by atoms with Gasteiger partial charge in [-0.2, -0.15) is 0 Å². The molecule has 0 aliphatic heterocycles. The molecule has 0 aromatic heterocycles. The molecule has 0 bridgehead atoms. The first kappa shape index (κ1) is 14.6. The van der Waals surface area contributed by atoms with E-state index < -0.39 is 6.10 Å². The Morgan fingerprint density at radius 1 is 1.26 bits per heavy atom. The lowest BCUT2D eigenvalue weighted by Gasteiger charge is -2.08. The molecule has 100 valence electrons. The highest BCUT2D eigenvalue weighted by Gasteiger charge is 2.05. The molecule has 0 saturated heterocycles. The monoisotopic (exact) mass is 340 g/mol. The van der Waals surface area contributed by atoms with Gasteiger partial charge in [0, 0.05) is 15.1 Å². The lowest BCUT2D eigenvalue weighted by molar-refractivity contribution is 0.199. The molecule has 0 spiro atoms. The van der Waals surface area contributed by atoms with Crippen LogP contribution in [0, 0.1) is 5.82 Å². The zero-order chi connectivity index (χ0) is 13.8. The first-order valence-electron chi connectivity index (χ1n) is 5.91. The Morgan fingerprint density at radius 3 is 2.74 bits per heavy atom. The summed E-state index contributed by atoms with van der Waals surface area (Å²) in [7, 11) is 0. The van der Waals surface area contributed by atoms with Gasteiger partial charge in [-0.1, -0.05) is 34.1 Å². The Bertz CT molecular complexity index is 572. The number of aliphatic hydroxyl groups excluding tert-OH is 1. The van der Waals surface area contributed by atoms with Gasteiger partial charge in [0.2, 0.25) is 0 Å². The summed E-state index contributed by atoms with van der Waals surface area (Å²) < 4.78 is 14.4. The predicted molar refractivity (Wildman–Crippen MR) is 80.7 cm³/mol. The number of hydrogen-bond donors (Lipinski definition) is 1. The molecule has 0 amide bonds. The van der Waals surface area contributed by atoms with Crippen molar-refractivity contribution >= 4 is 27.7 Å². The molecule has 19 heavy (non-hydrogen) atoms. The molecule has 0 radical (unpaired) electrons. The highest BCUT2D eigenvalue weighted by molar-refractivity contribution is 9.10. The fraction of sp³-hybridized carbons (Fsp3) is 0.200. The van der Waals surface area contributed by atoms with Gasteiger partial charge in [-0.05, 0) is 42.3 Å². The molecule has 2 aromatic rings. The van der Waals surface area contributed by atoms with Crippen LogP contribution in [0.3, 0.4) is 0 Å². The molecule has 0 aliphatic rings. The molecule has 1 N–H and O–H groups in total. The van der Waals surface area contributed by atoms with Crippen LogP contribution in [-0.2, 0) is 5.75 Å². The molecule has 0 heterocycles. The lowest BCUT2D eigenvalue weighted by Crippen LogP contribution is -1.91. The first-order valence-corrected chi connectivity index (χ1v) is 7.69. The normalized spacial score (nSPS) is 12.4. The molecule has 2 rings (SSSR count). The summed E-state index contributed by atoms with van der Waals surface area (Å²) in [6.07, 6.45) is -0.482. The van der Waals surface area contributed by atoms with E-state index >= 15 is 0 Å². The Balaban J connectivity index is 2.08. The van der Waals surface area contributed by atoms with Gasteiger partial charge in [-0.3, -0.25) is 0 Å². The molecule has 0 fully saturated rings. The van der Waals surface area contributed by atoms with Crippen molar-refractivity contribution in [3.8, 4) is 0 Å². The third kappa shape index (κ3) is 4.06. The Morgan fingerprint density at radius 2 is 2.05 bits per heavy atom. The van der Waals surface area contributed by atoms with Crippen molar-refractivity contribution in [1.29, 1.82) is 0 Å². The van der Waals surface area contributed by atoms with Gasteiger partial charge in [-0.25, -0.2) is 4.39 Å². The fourth-order valence-electron chi connectivity index (χ4n) is 1.66. The predicted octanol–water partition coefficient (Wildman–Crippen LogP) is 4.93. The average Bonchev–Trinajstić information content (AvgIpc) is 2.38. The maximum absolute atomic E-state index is 13.7. The standard InChI is InChI=1S/C15H14BrFOS/c1-10(18)11-3-2-4-14(7-11)19-9-12-5-6-13(16)8-15(12)17/h2-8,10,18H,9H2,1H3. The van der Waals surface area contributed by atoms with Crippen LogP contribution in [0.2, 0.25) is 0 Å². The smallest absolute Gasteiger partial charge is 0.128 e. The zero-order valence-electron chi connectivity index (χ0n) is 10.4. The molecule has 0 saturated carbocycles. The average molecular weight is 341 g/mol. The fourth-order valence-corrected chi connectivity index (χ4v) is 2.95. The summed E-state index contributed by atoms with van der Waals surface area (Å²) in [6, 6.07) is 12.8. The number of rotatable bonds is 4. The van der Waals surface area contributed by atoms with Gasteiger partial charge in [0.15, 0.2) is 0 Å². The molecule has 0 aliphatic carbocycles. The lowest BCUT2D eigenvalue weighted by atomic mass is 10.1. The second-order valence-corrected chi connectivity index (χ2v) is 6.24. The highest BCUT2D eigenvalue weighted by Crippen LogP contribution is 2.27. The summed E-state index contributed by atoms with van der Waals surface area (Å²) >= 11 is 4.80. The summed E-state index contributed by atoms with van der Waals surface area (Å²) in [4.78, 5) is 1.03. The number of thioether (sulfide) groups is 1. The van der Waals surface area contributed by atoms with Crippen molar-refractivity contribution in [1.82, 2.24) is 0 Å². The van der Waals surface area contributed by atoms with Gasteiger partial charge in [0.25, 0.3) is 0 Å². The largest absolute Gasteiger partial charge is 0.389 e. The van der Waals surface area contributed by atoms with Crippen LogP contribution in [0.1, 0.15) is 24.2 Å². The van der Waals surface area contributed by atoms with Crippen molar-refractivity contribution in [2.75, 3.05) is 0 Å². The number of hydrogen-bond acceptors (Lipinski definition) is 2. The van der Waals surface area contributed by atoms with Crippen LogP contribution in [0.5, 0.6) is 0 Å². The van der Waals surface area contributed by atoms with E-state index in [0.717, 1.165) is 14.9 Å². The zero-order valence-corrected chi connectivity index (χ0v) is 12.8. The second-order valence-electron chi connectivity index (χ2n) is 4.27. The van der Waals surface area contributed by atoms with E-state index in [9.17, 15) is 9.50 Å². The number of aliphatic hydroxyl groups is 1. The summed E-state index contributed by atoms with van der Waals surface area (Å²) in [6.45, 7) is 1.73. The van der Waals surface area contributed by atoms with Gasteiger partial charge in [0.1, 0.15) is 5.82 Å². The van der Waals surface area contributed by atoms with Crippen molar-refractivity contribution in [3.63, 3.8) is 0 Å². The maximum atomic E-state index is 13.7. The third-order valence-corrected chi connectivity index (χ3v) is 4.29. The van der Waals surface area contributed by atoms with Crippen LogP contribution < -0.4 is 0 Å². The van der Waals surface area contributed by atoms with Gasteiger partial charge < -0.3 is 5.11 Å². The van der Waals surface area contributed by atoms with Crippen molar-refractivity contribution in [2.24, 2.45) is 0 Å². The topological polar surface area (TPSA) is 20.2 Å². The van der Waals surface area contributed by atoms with Crippen molar-refractivity contribution in [2.45, 2.75) is 23.7 Å². The maximum Gasteiger partial charge on any atom is 0.128 e. The number of benzene rings is 2. The van der Waals surface area contributed by atoms with E-state index in [1.807, 2.05) is 30.3 Å². The summed E-state index contributed by atoms with van der Waals surface area (Å²) in [5, 5.41) is 9.53. The van der Waals surface area contributed by atoms with Gasteiger partial charge in [0.05, 0.1) is 6.10 Å². The third-order valence-electron chi connectivity index (χ3n) is 2.75. The van der Waals surface area contributed by atoms with Crippen molar-refractivity contribution in [3.05, 3.63) is 63.9 Å². The second kappa shape index (κ2) is 6.55. The molecule has 2 aromatic carbocycles. The Labute approximate surface area is 125 Å². The Kier molecular flexibility index (Phi) is 5.02. The first-order chi connectivity index (χ1) is 9.06. The molecule has 1 nitrogen and oxygen atoms in total. The summed E-state index contributed by atoms with van der Waals surface area (Å²) in [5.74, 6) is 0.371. The van der Waals surface area contributed by atoms with E-state index in [4.69, 9.17) is 0 Å². The van der Waals surface area contributed by atoms with E-state index in [2.05, 4.69) is 15.9 Å². The van der Waals surface area contributed by atoms with E-state index in [1.54, 1.807) is 24.8 Å². The van der Waals surface area contributed by atoms with Gasteiger partial charge in [-0.15, -0.1) is 11.8 Å². The molecule has 1 atom stereocenters. The minimum Gasteiger partial charge on any atom is -0.389 e. The highest BCUT2D eigenvalue weighted by atomic mass is 79.9. The van der Waals surface area contributed by atoms with Crippen LogP contribution in [0.25, 0.3) is 0 Å². The SMILES string of the molecule is CC(O)c1cccc(SCc2ccc(Br)cc2F)c1. The summed E-state index contributed by atoms with van der Waals surface area (Å²) in [5.41, 5.74) is 1.55. The minimum absolute atomic E-state index is 0.200. The van der Waals surface area contributed by atoms with Crippen molar-refractivity contribution < 1.29 is 9.50 Å². The van der Waals surface area contributed by atoms with Crippen LogP contribution in [-0.4, -0.2) is 5.11 Å². The van der Waals surface area contributed by atoms with E-state index in [0.29, 0.717) is 11.3 Å². The Hall–Kier alpha value is -0.840. The molecule has 1 unspecified atom stereocenters. The van der Waals surface area contributed by atoms with E-state index in [1.165, 1.54) is 6.07 Å². The molecule has 4 heteroatoms. The van der Waals surface area contributed by atoms with Crippen LogP contribution in [0.15, 0.2) is 51.8 Å². The minimum atomic E-state index is -0.482. The quantitative estimate of drug-likeness (QED) is 0.796. The molecular formula is C15H14BrFOS. The number of halogens is 2. The van der Waals surface area contributed by atoms with Crippen LogP contribution >= 0.6 is 27.7 Å². The van der Waals surface area contributed by atoms with Crippen LogP contribution in [0.4, 0.5) is 4.39 Å².